The van der Waals surface area contributed by atoms with E-state index in [1.807, 2.05) is 36.4 Å². The van der Waals surface area contributed by atoms with Crippen LogP contribution in [0.15, 0.2) is 48.7 Å². The SMILES string of the molecule is O=C([C@@H]1CN(Cc2ccccc2)CCO1)N(CC(F)(F)F)[C@H]1CCCc2cccnc21. The molecule has 5 nitrogen and oxygen atoms in total. The molecule has 31 heavy (non-hydrogen) atoms. The molecule has 2 aromatic rings. The Hall–Kier alpha value is -2.45. The summed E-state index contributed by atoms with van der Waals surface area (Å²) < 4.78 is 46.0. The third-order valence-electron chi connectivity index (χ3n) is 5.85. The lowest BCUT2D eigenvalue weighted by molar-refractivity contribution is -0.177. The fraction of sp³-hybridized carbons (Fsp3) is 0.478. The van der Waals surface area contributed by atoms with Crippen molar-refractivity contribution in [3.8, 4) is 0 Å². The summed E-state index contributed by atoms with van der Waals surface area (Å²) in [4.78, 5) is 20.7. The molecule has 0 spiro atoms. The smallest absolute Gasteiger partial charge is 0.366 e. The zero-order valence-corrected chi connectivity index (χ0v) is 17.2. The van der Waals surface area contributed by atoms with Gasteiger partial charge in [0.05, 0.1) is 18.3 Å². The Morgan fingerprint density at radius 2 is 2.00 bits per heavy atom. The number of rotatable bonds is 5. The quantitative estimate of drug-likeness (QED) is 0.721. The second kappa shape index (κ2) is 9.36. The van der Waals surface area contributed by atoms with Gasteiger partial charge in [-0.1, -0.05) is 36.4 Å². The van der Waals surface area contributed by atoms with Gasteiger partial charge in [0.15, 0.2) is 0 Å². The van der Waals surface area contributed by atoms with Crippen LogP contribution < -0.4 is 0 Å². The molecule has 0 unspecified atom stereocenters. The normalized spacial score (nSPS) is 22.0. The summed E-state index contributed by atoms with van der Waals surface area (Å²) in [7, 11) is 0. The number of aromatic nitrogens is 1. The van der Waals surface area contributed by atoms with E-state index in [2.05, 4.69) is 9.88 Å². The second-order valence-corrected chi connectivity index (χ2v) is 8.12. The lowest BCUT2D eigenvalue weighted by Gasteiger charge is -2.39. The van der Waals surface area contributed by atoms with Crippen LogP contribution in [0, 0.1) is 0 Å². The van der Waals surface area contributed by atoms with Gasteiger partial charge < -0.3 is 9.64 Å². The van der Waals surface area contributed by atoms with E-state index in [0.717, 1.165) is 28.9 Å². The predicted molar refractivity (Wildman–Crippen MR) is 109 cm³/mol. The third kappa shape index (κ3) is 5.43. The third-order valence-corrected chi connectivity index (χ3v) is 5.85. The van der Waals surface area contributed by atoms with E-state index in [-0.39, 0.29) is 6.54 Å². The van der Waals surface area contributed by atoms with E-state index in [1.165, 1.54) is 0 Å². The number of alkyl halides is 3. The molecule has 1 aliphatic heterocycles. The molecule has 2 atom stereocenters. The highest BCUT2D eigenvalue weighted by molar-refractivity contribution is 5.82. The van der Waals surface area contributed by atoms with Crippen molar-refractivity contribution in [1.82, 2.24) is 14.8 Å². The molecule has 1 fully saturated rings. The number of pyridine rings is 1. The lowest BCUT2D eigenvalue weighted by Crippen LogP contribution is -2.53. The first kappa shape index (κ1) is 21.8. The second-order valence-electron chi connectivity index (χ2n) is 8.12. The van der Waals surface area contributed by atoms with Gasteiger partial charge in [-0.25, -0.2) is 0 Å². The average Bonchev–Trinajstić information content (AvgIpc) is 2.77. The number of fused-ring (bicyclic) bond motifs is 1. The average molecular weight is 433 g/mol. The lowest BCUT2D eigenvalue weighted by atomic mass is 9.90. The van der Waals surface area contributed by atoms with E-state index in [0.29, 0.717) is 31.8 Å². The van der Waals surface area contributed by atoms with Crippen molar-refractivity contribution in [2.45, 2.75) is 44.1 Å². The number of morpholine rings is 1. The van der Waals surface area contributed by atoms with Crippen LogP contribution in [-0.4, -0.2) is 59.2 Å². The van der Waals surface area contributed by atoms with Gasteiger partial charge in [0.1, 0.15) is 12.6 Å². The molecule has 0 bridgehead atoms. The summed E-state index contributed by atoms with van der Waals surface area (Å²) in [6.07, 6.45) is -1.90. The number of carbonyl (C=O) groups is 1. The summed E-state index contributed by atoms with van der Waals surface area (Å²) in [5, 5.41) is 0. The molecule has 2 heterocycles. The predicted octanol–water partition coefficient (Wildman–Crippen LogP) is 3.75. The van der Waals surface area contributed by atoms with Gasteiger partial charge in [-0.05, 0) is 36.5 Å². The number of ether oxygens (including phenoxy) is 1. The molecular formula is C23H26F3N3O2. The van der Waals surface area contributed by atoms with Crippen molar-refractivity contribution < 1.29 is 22.7 Å². The van der Waals surface area contributed by atoms with E-state index < -0.39 is 30.8 Å². The van der Waals surface area contributed by atoms with Crippen molar-refractivity contribution in [3.63, 3.8) is 0 Å². The molecule has 1 amide bonds. The van der Waals surface area contributed by atoms with E-state index in [4.69, 9.17) is 4.74 Å². The van der Waals surface area contributed by atoms with Crippen LogP contribution in [0.25, 0.3) is 0 Å². The summed E-state index contributed by atoms with van der Waals surface area (Å²) in [6.45, 7) is 0.532. The molecule has 166 valence electrons. The van der Waals surface area contributed by atoms with Gasteiger partial charge in [0.2, 0.25) is 0 Å². The van der Waals surface area contributed by atoms with Crippen LogP contribution in [0.1, 0.15) is 35.7 Å². The zero-order chi connectivity index (χ0) is 21.8. The molecular weight excluding hydrogens is 407 g/mol. The summed E-state index contributed by atoms with van der Waals surface area (Å²) in [5.74, 6) is -0.612. The van der Waals surface area contributed by atoms with Crippen molar-refractivity contribution in [1.29, 1.82) is 0 Å². The fourth-order valence-corrected chi connectivity index (χ4v) is 4.45. The molecule has 4 rings (SSSR count). The number of hydrogen-bond acceptors (Lipinski definition) is 4. The molecule has 8 heteroatoms. The minimum absolute atomic E-state index is 0.268. The number of hydrogen-bond donors (Lipinski definition) is 0. The van der Waals surface area contributed by atoms with Crippen LogP contribution in [0.4, 0.5) is 13.2 Å². The van der Waals surface area contributed by atoms with E-state index in [9.17, 15) is 18.0 Å². The number of carbonyl (C=O) groups excluding carboxylic acids is 1. The summed E-state index contributed by atoms with van der Waals surface area (Å²) in [5.41, 5.74) is 2.57. The fourth-order valence-electron chi connectivity index (χ4n) is 4.45. The van der Waals surface area contributed by atoms with Crippen LogP contribution >= 0.6 is 0 Å². The van der Waals surface area contributed by atoms with E-state index in [1.54, 1.807) is 12.3 Å². The molecule has 1 aromatic carbocycles. The molecule has 0 radical (unpaired) electrons. The maximum absolute atomic E-state index is 13.5. The number of nitrogens with zero attached hydrogens (tertiary/aromatic N) is 3. The minimum atomic E-state index is -4.50. The molecule has 2 aliphatic rings. The maximum Gasteiger partial charge on any atom is 0.406 e. The maximum atomic E-state index is 13.5. The Morgan fingerprint density at radius 3 is 2.77 bits per heavy atom. The molecule has 0 N–H and O–H groups in total. The van der Waals surface area contributed by atoms with Crippen LogP contribution in [-0.2, 0) is 22.5 Å². The van der Waals surface area contributed by atoms with Crippen molar-refractivity contribution in [2.24, 2.45) is 0 Å². The van der Waals surface area contributed by atoms with Crippen LogP contribution in [0.5, 0.6) is 0 Å². The first-order valence-electron chi connectivity index (χ1n) is 10.6. The largest absolute Gasteiger partial charge is 0.406 e. The van der Waals surface area contributed by atoms with Gasteiger partial charge >= 0.3 is 6.18 Å². The van der Waals surface area contributed by atoms with Gasteiger partial charge in [-0.15, -0.1) is 0 Å². The van der Waals surface area contributed by atoms with Gasteiger partial charge in [0.25, 0.3) is 5.91 Å². The highest BCUT2D eigenvalue weighted by Gasteiger charge is 2.42. The van der Waals surface area contributed by atoms with Crippen LogP contribution in [0.2, 0.25) is 0 Å². The standard InChI is InChI=1S/C23H26F3N3O2/c24-23(25,26)16-29(19-10-4-8-18-9-5-11-27-21(18)19)22(30)20-15-28(12-13-31-20)14-17-6-2-1-3-7-17/h1-3,5-7,9,11,19-20H,4,8,10,12-16H2/t19-,20-/m0/s1. The highest BCUT2D eigenvalue weighted by atomic mass is 19.4. The van der Waals surface area contributed by atoms with Crippen molar-refractivity contribution in [2.75, 3.05) is 26.2 Å². The molecule has 1 saturated heterocycles. The van der Waals surface area contributed by atoms with Crippen molar-refractivity contribution in [3.05, 3.63) is 65.5 Å². The Labute approximate surface area is 179 Å². The van der Waals surface area contributed by atoms with Gasteiger partial charge in [-0.3, -0.25) is 14.7 Å². The minimum Gasteiger partial charge on any atom is -0.366 e. The summed E-state index contributed by atoms with van der Waals surface area (Å²) >= 11 is 0. The molecule has 1 aromatic heterocycles. The Bertz CT molecular complexity index is 891. The van der Waals surface area contributed by atoms with Gasteiger partial charge in [-0.2, -0.15) is 13.2 Å². The Balaban J connectivity index is 1.54. The van der Waals surface area contributed by atoms with E-state index >= 15 is 0 Å². The van der Waals surface area contributed by atoms with Crippen LogP contribution in [0.3, 0.4) is 0 Å². The highest BCUT2D eigenvalue weighted by Crippen LogP contribution is 2.35. The van der Waals surface area contributed by atoms with Crippen molar-refractivity contribution >= 4 is 5.91 Å². The number of amides is 1. The molecule has 0 saturated carbocycles. The number of benzene rings is 1. The molecule has 1 aliphatic carbocycles. The Kier molecular flexibility index (Phi) is 6.57. The van der Waals surface area contributed by atoms with Gasteiger partial charge in [0, 0.05) is 25.8 Å². The number of halogens is 3. The summed E-state index contributed by atoms with van der Waals surface area (Å²) in [6, 6.07) is 12.8. The first-order valence-corrected chi connectivity index (χ1v) is 10.6. The zero-order valence-electron chi connectivity index (χ0n) is 17.2. The monoisotopic (exact) mass is 433 g/mol. The Morgan fingerprint density at radius 1 is 1.19 bits per heavy atom. The first-order chi connectivity index (χ1) is 14.9. The number of aryl methyl sites for hydroxylation is 1. The topological polar surface area (TPSA) is 45.7 Å².